The average molecular weight is 265 g/mol. The molecular formula is C15H27N3O. The van der Waals surface area contributed by atoms with Crippen LogP contribution < -0.4 is 5.32 Å². The van der Waals surface area contributed by atoms with Crippen molar-refractivity contribution in [1.82, 2.24) is 15.5 Å². The molecule has 0 saturated heterocycles. The molecule has 0 bridgehead atoms. The van der Waals surface area contributed by atoms with E-state index in [1.807, 2.05) is 7.05 Å². The highest BCUT2D eigenvalue weighted by atomic mass is 16.5. The Labute approximate surface area is 116 Å². The molecule has 2 rings (SSSR count). The van der Waals surface area contributed by atoms with Crippen molar-refractivity contribution in [2.75, 3.05) is 13.6 Å². The van der Waals surface area contributed by atoms with Gasteiger partial charge in [-0.15, -0.1) is 0 Å². The molecule has 0 aromatic carbocycles. The van der Waals surface area contributed by atoms with E-state index in [-0.39, 0.29) is 0 Å². The molecule has 1 aliphatic carbocycles. The number of hydrogen-bond donors (Lipinski definition) is 1. The third-order valence-electron chi connectivity index (χ3n) is 4.24. The third-order valence-corrected chi connectivity index (χ3v) is 4.24. The van der Waals surface area contributed by atoms with Crippen molar-refractivity contribution in [2.24, 2.45) is 5.92 Å². The highest BCUT2D eigenvalue weighted by Gasteiger charge is 2.25. The second-order valence-corrected chi connectivity index (χ2v) is 5.76. The van der Waals surface area contributed by atoms with Crippen molar-refractivity contribution in [1.29, 1.82) is 0 Å². The molecule has 1 saturated carbocycles. The average Bonchev–Trinajstić information content (AvgIpc) is 2.92. The van der Waals surface area contributed by atoms with Gasteiger partial charge in [0.15, 0.2) is 5.82 Å². The number of likely N-dealkylation sites (N-methyl/N-ethyl adjacent to an activating group) is 1. The van der Waals surface area contributed by atoms with Crippen LogP contribution in [0, 0.1) is 5.92 Å². The summed E-state index contributed by atoms with van der Waals surface area (Å²) in [6.45, 7) is 3.18. The predicted octanol–water partition coefficient (Wildman–Crippen LogP) is 3.30. The van der Waals surface area contributed by atoms with Crippen LogP contribution in [0.2, 0.25) is 0 Å². The number of hydrogen-bond acceptors (Lipinski definition) is 4. The van der Waals surface area contributed by atoms with E-state index in [1.54, 1.807) is 0 Å². The standard InChI is InChI=1S/C15H27N3O/c1-3-4-5-12-6-8-13(9-7-12)15-17-14(18-19-15)10-11-16-2/h12-13,16H,3-11H2,1-2H3. The number of unbranched alkanes of at least 4 members (excludes halogenated alkanes) is 1. The molecule has 1 heterocycles. The van der Waals surface area contributed by atoms with Crippen LogP contribution >= 0.6 is 0 Å². The summed E-state index contributed by atoms with van der Waals surface area (Å²) < 4.78 is 5.43. The summed E-state index contributed by atoms with van der Waals surface area (Å²) >= 11 is 0. The van der Waals surface area contributed by atoms with Crippen LogP contribution in [0.25, 0.3) is 0 Å². The summed E-state index contributed by atoms with van der Waals surface area (Å²) in [4.78, 5) is 4.54. The van der Waals surface area contributed by atoms with Crippen molar-refractivity contribution in [3.05, 3.63) is 11.7 Å². The van der Waals surface area contributed by atoms with Crippen LogP contribution in [0.15, 0.2) is 4.52 Å². The minimum Gasteiger partial charge on any atom is -0.339 e. The van der Waals surface area contributed by atoms with E-state index in [4.69, 9.17) is 4.52 Å². The first-order chi connectivity index (χ1) is 9.33. The Morgan fingerprint density at radius 2 is 2.05 bits per heavy atom. The Kier molecular flexibility index (Phi) is 5.83. The van der Waals surface area contributed by atoms with Gasteiger partial charge in [0.25, 0.3) is 0 Å². The summed E-state index contributed by atoms with van der Waals surface area (Å²) in [5.74, 6) is 3.16. The maximum absolute atomic E-state index is 5.43. The first-order valence-corrected chi connectivity index (χ1v) is 7.80. The summed E-state index contributed by atoms with van der Waals surface area (Å²) in [6, 6.07) is 0. The Balaban J connectivity index is 1.78. The lowest BCUT2D eigenvalue weighted by Crippen LogP contribution is -2.14. The number of nitrogens with one attached hydrogen (secondary N) is 1. The van der Waals surface area contributed by atoms with Crippen molar-refractivity contribution >= 4 is 0 Å². The predicted molar refractivity (Wildman–Crippen MR) is 76.2 cm³/mol. The Morgan fingerprint density at radius 3 is 2.74 bits per heavy atom. The summed E-state index contributed by atoms with van der Waals surface area (Å²) in [6.07, 6.45) is 10.1. The van der Waals surface area contributed by atoms with Gasteiger partial charge in [-0.3, -0.25) is 0 Å². The molecule has 1 aromatic heterocycles. The molecule has 0 amide bonds. The Bertz CT molecular complexity index is 356. The van der Waals surface area contributed by atoms with E-state index in [1.165, 1.54) is 44.9 Å². The molecule has 19 heavy (non-hydrogen) atoms. The SMILES string of the molecule is CCCCC1CCC(c2nc(CCNC)no2)CC1. The molecule has 4 nitrogen and oxygen atoms in total. The maximum atomic E-state index is 5.43. The van der Waals surface area contributed by atoms with Crippen LogP contribution in [0.5, 0.6) is 0 Å². The van der Waals surface area contributed by atoms with E-state index in [2.05, 4.69) is 22.4 Å². The number of aromatic nitrogens is 2. The van der Waals surface area contributed by atoms with Crippen molar-refractivity contribution < 1.29 is 4.52 Å². The van der Waals surface area contributed by atoms with E-state index >= 15 is 0 Å². The van der Waals surface area contributed by atoms with Gasteiger partial charge in [0, 0.05) is 18.9 Å². The van der Waals surface area contributed by atoms with Gasteiger partial charge in [-0.2, -0.15) is 4.98 Å². The van der Waals surface area contributed by atoms with Gasteiger partial charge in [0.1, 0.15) is 0 Å². The van der Waals surface area contributed by atoms with Crippen LogP contribution in [0.1, 0.15) is 69.5 Å². The lowest BCUT2D eigenvalue weighted by atomic mass is 9.80. The molecule has 1 aliphatic rings. The van der Waals surface area contributed by atoms with Crippen LogP contribution in [-0.2, 0) is 6.42 Å². The van der Waals surface area contributed by atoms with Gasteiger partial charge >= 0.3 is 0 Å². The van der Waals surface area contributed by atoms with Crippen LogP contribution in [0.4, 0.5) is 0 Å². The number of rotatable bonds is 7. The van der Waals surface area contributed by atoms with Gasteiger partial charge in [-0.1, -0.05) is 31.3 Å². The molecule has 1 aromatic rings. The van der Waals surface area contributed by atoms with Gasteiger partial charge in [0.05, 0.1) is 0 Å². The fourth-order valence-electron chi connectivity index (χ4n) is 2.96. The fraction of sp³-hybridized carbons (Fsp3) is 0.867. The number of nitrogens with zero attached hydrogens (tertiary/aromatic N) is 2. The topological polar surface area (TPSA) is 51.0 Å². The van der Waals surface area contributed by atoms with Gasteiger partial charge in [-0.05, 0) is 38.6 Å². The zero-order valence-corrected chi connectivity index (χ0v) is 12.3. The van der Waals surface area contributed by atoms with Crippen LogP contribution in [0.3, 0.4) is 0 Å². The molecule has 0 spiro atoms. The minimum absolute atomic E-state index is 0.508. The van der Waals surface area contributed by atoms with Crippen molar-refractivity contribution in [3.63, 3.8) is 0 Å². The molecule has 0 unspecified atom stereocenters. The summed E-state index contributed by atoms with van der Waals surface area (Å²) in [5, 5.41) is 7.18. The highest BCUT2D eigenvalue weighted by Crippen LogP contribution is 2.36. The maximum Gasteiger partial charge on any atom is 0.229 e. The first-order valence-electron chi connectivity index (χ1n) is 7.80. The lowest BCUT2D eigenvalue weighted by Gasteiger charge is -2.26. The Hall–Kier alpha value is -0.900. The molecular weight excluding hydrogens is 238 g/mol. The molecule has 0 radical (unpaired) electrons. The van der Waals surface area contributed by atoms with Crippen molar-refractivity contribution in [2.45, 2.75) is 64.2 Å². The molecule has 0 aliphatic heterocycles. The van der Waals surface area contributed by atoms with E-state index in [0.29, 0.717) is 5.92 Å². The third kappa shape index (κ3) is 4.30. The largest absolute Gasteiger partial charge is 0.339 e. The van der Waals surface area contributed by atoms with E-state index in [0.717, 1.165) is 30.6 Å². The fourth-order valence-corrected chi connectivity index (χ4v) is 2.96. The molecule has 1 fully saturated rings. The van der Waals surface area contributed by atoms with Crippen molar-refractivity contribution in [3.8, 4) is 0 Å². The van der Waals surface area contributed by atoms with Crippen LogP contribution in [-0.4, -0.2) is 23.7 Å². The molecule has 1 N–H and O–H groups in total. The van der Waals surface area contributed by atoms with Gasteiger partial charge in [-0.25, -0.2) is 0 Å². The van der Waals surface area contributed by atoms with Gasteiger partial charge in [0.2, 0.25) is 5.89 Å². The quantitative estimate of drug-likeness (QED) is 0.822. The second-order valence-electron chi connectivity index (χ2n) is 5.76. The minimum atomic E-state index is 0.508. The first kappa shape index (κ1) is 14.5. The van der Waals surface area contributed by atoms with E-state index < -0.39 is 0 Å². The zero-order chi connectivity index (χ0) is 13.5. The monoisotopic (exact) mass is 265 g/mol. The summed E-state index contributed by atoms with van der Waals surface area (Å²) in [5.41, 5.74) is 0. The molecule has 0 atom stereocenters. The van der Waals surface area contributed by atoms with Gasteiger partial charge < -0.3 is 9.84 Å². The summed E-state index contributed by atoms with van der Waals surface area (Å²) in [7, 11) is 1.94. The lowest BCUT2D eigenvalue weighted by molar-refractivity contribution is 0.260. The second kappa shape index (κ2) is 7.63. The smallest absolute Gasteiger partial charge is 0.229 e. The normalized spacial score (nSPS) is 23.7. The highest BCUT2D eigenvalue weighted by molar-refractivity contribution is 4.96. The zero-order valence-electron chi connectivity index (χ0n) is 12.3. The Morgan fingerprint density at radius 1 is 1.26 bits per heavy atom. The molecule has 108 valence electrons. The van der Waals surface area contributed by atoms with E-state index in [9.17, 15) is 0 Å². The molecule has 4 heteroatoms.